The van der Waals surface area contributed by atoms with Crippen molar-refractivity contribution in [2.75, 3.05) is 6.61 Å². The normalized spacial score (nSPS) is 13.1. The molecule has 0 saturated heterocycles. The molecule has 1 amide bonds. The van der Waals surface area contributed by atoms with E-state index in [0.29, 0.717) is 12.0 Å². The van der Waals surface area contributed by atoms with Gasteiger partial charge in [-0.3, -0.25) is 9.78 Å². The molecule has 0 spiro atoms. The fourth-order valence-electron chi connectivity index (χ4n) is 2.46. The van der Waals surface area contributed by atoms with Crippen molar-refractivity contribution in [3.8, 4) is 0 Å². The molecule has 0 bridgehead atoms. The monoisotopic (exact) mass is 286 g/mol. The van der Waals surface area contributed by atoms with Gasteiger partial charge in [0.05, 0.1) is 18.2 Å². The van der Waals surface area contributed by atoms with Crippen molar-refractivity contribution >= 4 is 16.7 Å². The van der Waals surface area contributed by atoms with Crippen molar-refractivity contribution < 1.29 is 9.90 Å². The molecule has 2 N–H and O–H groups in total. The molecule has 2 aromatic rings. The Morgan fingerprint density at radius 3 is 2.67 bits per heavy atom. The molecule has 2 rings (SSSR count). The Morgan fingerprint density at radius 1 is 1.29 bits per heavy atom. The van der Waals surface area contributed by atoms with Crippen LogP contribution in [0.1, 0.15) is 37.6 Å². The highest BCUT2D eigenvalue weighted by atomic mass is 16.3. The van der Waals surface area contributed by atoms with Gasteiger partial charge in [-0.05, 0) is 17.2 Å². The van der Waals surface area contributed by atoms with Crippen LogP contribution < -0.4 is 5.32 Å². The Morgan fingerprint density at radius 2 is 2.00 bits per heavy atom. The Bertz CT molecular complexity index is 627. The first-order valence-electron chi connectivity index (χ1n) is 7.15. The van der Waals surface area contributed by atoms with Crippen molar-refractivity contribution in [1.29, 1.82) is 0 Å². The lowest BCUT2D eigenvalue weighted by molar-refractivity contribution is 0.0899. The zero-order valence-electron chi connectivity index (χ0n) is 12.8. The summed E-state index contributed by atoms with van der Waals surface area (Å²) in [4.78, 5) is 16.6. The molecular weight excluding hydrogens is 264 g/mol. The van der Waals surface area contributed by atoms with Crippen LogP contribution in [0.3, 0.4) is 0 Å². The summed E-state index contributed by atoms with van der Waals surface area (Å²) in [5.41, 5.74) is 0.581. The molecule has 0 aliphatic rings. The largest absolute Gasteiger partial charge is 0.394 e. The van der Waals surface area contributed by atoms with Gasteiger partial charge in [-0.1, -0.05) is 45.0 Å². The highest BCUT2D eigenvalue weighted by Gasteiger charge is 2.21. The fourth-order valence-corrected chi connectivity index (χ4v) is 2.46. The second-order valence-corrected chi connectivity index (χ2v) is 6.53. The third kappa shape index (κ3) is 4.02. The number of aliphatic hydroxyl groups is 1. The topological polar surface area (TPSA) is 62.2 Å². The van der Waals surface area contributed by atoms with Gasteiger partial charge in [0, 0.05) is 17.8 Å². The van der Waals surface area contributed by atoms with Crippen LogP contribution in [0.2, 0.25) is 0 Å². The summed E-state index contributed by atoms with van der Waals surface area (Å²) in [6.07, 6.45) is 4.03. The molecule has 1 atom stereocenters. The van der Waals surface area contributed by atoms with E-state index in [0.717, 1.165) is 10.8 Å². The molecular formula is C17H22N2O2. The van der Waals surface area contributed by atoms with Crippen LogP contribution in [0.25, 0.3) is 10.8 Å². The van der Waals surface area contributed by atoms with Gasteiger partial charge < -0.3 is 10.4 Å². The van der Waals surface area contributed by atoms with Gasteiger partial charge in [0.2, 0.25) is 0 Å². The number of amides is 1. The van der Waals surface area contributed by atoms with Crippen LogP contribution in [0.4, 0.5) is 0 Å². The maximum atomic E-state index is 12.5. The summed E-state index contributed by atoms with van der Waals surface area (Å²) in [6, 6.07) is 7.40. The van der Waals surface area contributed by atoms with Crippen LogP contribution in [-0.2, 0) is 0 Å². The molecule has 1 aromatic carbocycles. The number of pyridine rings is 1. The summed E-state index contributed by atoms with van der Waals surface area (Å²) in [5.74, 6) is -0.192. The number of carbonyl (C=O) groups excluding carboxylic acids is 1. The lowest BCUT2D eigenvalue weighted by Gasteiger charge is -2.25. The third-order valence-electron chi connectivity index (χ3n) is 3.33. The average Bonchev–Trinajstić information content (AvgIpc) is 2.44. The average molecular weight is 286 g/mol. The first-order valence-corrected chi connectivity index (χ1v) is 7.15. The minimum Gasteiger partial charge on any atom is -0.394 e. The lowest BCUT2D eigenvalue weighted by Crippen LogP contribution is -2.40. The zero-order valence-corrected chi connectivity index (χ0v) is 12.8. The number of fused-ring (bicyclic) bond motifs is 1. The molecule has 21 heavy (non-hydrogen) atoms. The molecule has 1 aromatic heterocycles. The molecule has 4 nitrogen and oxygen atoms in total. The molecule has 0 saturated carbocycles. The van der Waals surface area contributed by atoms with E-state index in [-0.39, 0.29) is 24.0 Å². The predicted octanol–water partition coefficient (Wildman–Crippen LogP) is 2.76. The zero-order chi connectivity index (χ0) is 15.5. The molecule has 1 heterocycles. The number of rotatable bonds is 4. The van der Waals surface area contributed by atoms with E-state index in [9.17, 15) is 9.90 Å². The van der Waals surface area contributed by atoms with E-state index in [2.05, 4.69) is 31.1 Å². The molecule has 0 aliphatic carbocycles. The summed E-state index contributed by atoms with van der Waals surface area (Å²) < 4.78 is 0. The van der Waals surface area contributed by atoms with Crippen molar-refractivity contribution in [2.45, 2.75) is 33.2 Å². The lowest BCUT2D eigenvalue weighted by atomic mass is 9.88. The second kappa shape index (κ2) is 6.22. The highest BCUT2D eigenvalue weighted by molar-refractivity contribution is 6.06. The number of nitrogens with one attached hydrogen (secondary N) is 1. The third-order valence-corrected chi connectivity index (χ3v) is 3.33. The van der Waals surface area contributed by atoms with E-state index in [1.54, 1.807) is 12.4 Å². The van der Waals surface area contributed by atoms with Gasteiger partial charge in [0.15, 0.2) is 0 Å². The van der Waals surface area contributed by atoms with Crippen LogP contribution in [0.5, 0.6) is 0 Å². The number of hydrogen-bond acceptors (Lipinski definition) is 3. The Kier molecular flexibility index (Phi) is 4.58. The van der Waals surface area contributed by atoms with Gasteiger partial charge in [0.25, 0.3) is 5.91 Å². The fraction of sp³-hybridized carbons (Fsp3) is 0.412. The number of hydrogen-bond donors (Lipinski definition) is 2. The van der Waals surface area contributed by atoms with Crippen molar-refractivity contribution in [2.24, 2.45) is 5.41 Å². The maximum absolute atomic E-state index is 12.5. The van der Waals surface area contributed by atoms with Gasteiger partial charge in [-0.25, -0.2) is 0 Å². The number of benzene rings is 1. The van der Waals surface area contributed by atoms with Crippen LogP contribution in [0, 0.1) is 5.41 Å². The van der Waals surface area contributed by atoms with Crippen molar-refractivity contribution in [1.82, 2.24) is 10.3 Å². The SMILES string of the molecule is CC(C)(C)CC(CO)NC(=O)c1cncc2ccccc12. The number of carbonyl (C=O) groups is 1. The maximum Gasteiger partial charge on any atom is 0.253 e. The van der Waals surface area contributed by atoms with Crippen molar-refractivity contribution in [3.63, 3.8) is 0 Å². The second-order valence-electron chi connectivity index (χ2n) is 6.53. The van der Waals surface area contributed by atoms with E-state index < -0.39 is 0 Å². The van der Waals surface area contributed by atoms with Gasteiger partial charge in [-0.2, -0.15) is 0 Å². The highest BCUT2D eigenvalue weighted by Crippen LogP contribution is 2.21. The van der Waals surface area contributed by atoms with Gasteiger partial charge >= 0.3 is 0 Å². The first kappa shape index (κ1) is 15.4. The summed E-state index contributed by atoms with van der Waals surface area (Å²) >= 11 is 0. The number of aliphatic hydroxyl groups excluding tert-OH is 1. The molecule has 112 valence electrons. The molecule has 1 unspecified atom stereocenters. The minimum absolute atomic E-state index is 0.0394. The Hall–Kier alpha value is -1.94. The Labute approximate surface area is 125 Å². The van der Waals surface area contributed by atoms with Crippen LogP contribution >= 0.6 is 0 Å². The molecule has 0 aliphatic heterocycles. The van der Waals surface area contributed by atoms with Crippen LogP contribution in [-0.4, -0.2) is 28.6 Å². The first-order chi connectivity index (χ1) is 9.90. The molecule has 0 fully saturated rings. The minimum atomic E-state index is -0.253. The number of aromatic nitrogens is 1. The molecule has 4 heteroatoms. The Balaban J connectivity index is 2.22. The summed E-state index contributed by atoms with van der Waals surface area (Å²) in [7, 11) is 0. The van der Waals surface area contributed by atoms with Gasteiger partial charge in [-0.15, -0.1) is 0 Å². The summed E-state index contributed by atoms with van der Waals surface area (Å²) in [6.45, 7) is 6.19. The number of nitrogens with zero attached hydrogens (tertiary/aromatic N) is 1. The van der Waals surface area contributed by atoms with E-state index in [1.165, 1.54) is 0 Å². The van der Waals surface area contributed by atoms with Crippen LogP contribution in [0.15, 0.2) is 36.7 Å². The van der Waals surface area contributed by atoms with Crippen molar-refractivity contribution in [3.05, 3.63) is 42.2 Å². The summed E-state index contributed by atoms with van der Waals surface area (Å²) in [5, 5.41) is 14.2. The van der Waals surface area contributed by atoms with E-state index >= 15 is 0 Å². The van der Waals surface area contributed by atoms with Gasteiger partial charge in [0.1, 0.15) is 0 Å². The van der Waals surface area contributed by atoms with E-state index in [4.69, 9.17) is 0 Å². The predicted molar refractivity (Wildman–Crippen MR) is 84.2 cm³/mol. The standard InChI is InChI=1S/C17H22N2O2/c1-17(2,3)8-13(11-20)19-16(21)15-10-18-9-12-6-4-5-7-14(12)15/h4-7,9-10,13,20H,8,11H2,1-3H3,(H,19,21). The smallest absolute Gasteiger partial charge is 0.253 e. The molecule has 0 radical (unpaired) electrons. The van der Waals surface area contributed by atoms with E-state index in [1.807, 2.05) is 24.3 Å². The quantitative estimate of drug-likeness (QED) is 0.908.